The smallest absolute Gasteiger partial charge is 0.238 e. The van der Waals surface area contributed by atoms with Crippen molar-refractivity contribution >= 4 is 35.0 Å². The Bertz CT molecular complexity index is 1120. The normalized spacial score (nSPS) is 41.1. The maximum atomic E-state index is 13.3. The van der Waals surface area contributed by atoms with Crippen molar-refractivity contribution in [2.45, 2.75) is 26.7 Å². The molecule has 2 saturated carbocycles. The first-order valence-corrected chi connectivity index (χ1v) is 11.6. The number of imide groups is 2. The molecule has 0 unspecified atom stereocenters. The summed E-state index contributed by atoms with van der Waals surface area (Å²) in [6, 6.07) is 6.84. The maximum Gasteiger partial charge on any atom is 0.238 e. The number of hydrogen-bond acceptors (Lipinski definition) is 4. The molecule has 0 aromatic heterocycles. The Morgan fingerprint density at radius 1 is 0.656 bits per heavy atom. The highest BCUT2D eigenvalue weighted by Gasteiger charge is 2.62. The highest BCUT2D eigenvalue weighted by Crippen LogP contribution is 2.57. The van der Waals surface area contributed by atoms with Crippen LogP contribution in [0.4, 0.5) is 11.4 Å². The standard InChI is InChI=1S/C26H24N2O4/c1-11-6-13-8-17(11)21-19(13)23(29)27(25(21)31)15-4-3-5-16(10-15)28-24(30)20-14-7-12(2)18(9-14)22(20)26(28)32/h3-7,10,13-14,17-22H,8-9H2,1-2H3/t13-,14-,17+,18+,19+,20+,21-,22+/m0/s1. The van der Waals surface area contributed by atoms with E-state index in [1.165, 1.54) is 20.9 Å². The average Bonchev–Trinajstić information content (AvgIpc) is 3.56. The molecule has 4 aliphatic carbocycles. The lowest BCUT2D eigenvalue weighted by atomic mass is 9.82. The molecule has 32 heavy (non-hydrogen) atoms. The molecule has 1 aromatic rings. The lowest BCUT2D eigenvalue weighted by molar-refractivity contribution is -0.124. The molecule has 4 fully saturated rings. The minimum atomic E-state index is -0.279. The van der Waals surface area contributed by atoms with Gasteiger partial charge in [-0.3, -0.25) is 19.2 Å². The summed E-state index contributed by atoms with van der Waals surface area (Å²) in [5, 5.41) is 0. The van der Waals surface area contributed by atoms with Crippen LogP contribution in [0.15, 0.2) is 47.6 Å². The van der Waals surface area contributed by atoms with Crippen molar-refractivity contribution in [3.63, 3.8) is 0 Å². The highest BCUT2D eigenvalue weighted by molar-refractivity contribution is 6.25. The SMILES string of the molecule is CC1=C[C@H]2C[C@H]1[C@@H]1C(=O)N(c3cccc(N4C(=O)[C@H]5[C@H](C4=O)[C@H]4C=C(C)[C@H]5C4)c3)C(=O)[C@@H]12. The first kappa shape index (κ1) is 18.5. The number of allylic oxidation sites excluding steroid dienone is 4. The molecule has 6 nitrogen and oxygen atoms in total. The van der Waals surface area contributed by atoms with Crippen LogP contribution in [0, 0.1) is 47.3 Å². The fourth-order valence-corrected chi connectivity index (χ4v) is 7.83. The Labute approximate surface area is 185 Å². The molecule has 162 valence electrons. The van der Waals surface area contributed by atoms with Gasteiger partial charge in [0.15, 0.2) is 0 Å². The van der Waals surface area contributed by atoms with E-state index in [2.05, 4.69) is 12.2 Å². The summed E-state index contributed by atoms with van der Waals surface area (Å²) >= 11 is 0. The van der Waals surface area contributed by atoms with Crippen molar-refractivity contribution in [3.05, 3.63) is 47.6 Å². The predicted octanol–water partition coefficient (Wildman–Crippen LogP) is 3.09. The van der Waals surface area contributed by atoms with E-state index in [0.717, 1.165) is 12.8 Å². The van der Waals surface area contributed by atoms with Crippen LogP contribution in [-0.2, 0) is 19.2 Å². The second-order valence-corrected chi connectivity index (χ2v) is 10.5. The molecular formula is C26H24N2O4. The zero-order chi connectivity index (χ0) is 22.0. The van der Waals surface area contributed by atoms with Crippen molar-refractivity contribution in [2.75, 3.05) is 9.80 Å². The predicted molar refractivity (Wildman–Crippen MR) is 116 cm³/mol. The monoisotopic (exact) mass is 428 g/mol. The fraction of sp³-hybridized carbons (Fsp3) is 0.462. The number of rotatable bonds is 2. The van der Waals surface area contributed by atoms with Gasteiger partial charge in [0.05, 0.1) is 35.0 Å². The van der Waals surface area contributed by atoms with E-state index in [1.807, 2.05) is 13.8 Å². The van der Waals surface area contributed by atoms with E-state index < -0.39 is 0 Å². The second kappa shape index (κ2) is 5.85. The Morgan fingerprint density at radius 3 is 1.50 bits per heavy atom. The number of benzene rings is 1. The fourth-order valence-electron chi connectivity index (χ4n) is 7.83. The van der Waals surface area contributed by atoms with Gasteiger partial charge in [-0.25, -0.2) is 9.80 Å². The Kier molecular flexibility index (Phi) is 3.39. The quantitative estimate of drug-likeness (QED) is 0.536. The van der Waals surface area contributed by atoms with Gasteiger partial charge in [-0.1, -0.05) is 29.4 Å². The average molecular weight is 428 g/mol. The van der Waals surface area contributed by atoms with Gasteiger partial charge in [-0.15, -0.1) is 0 Å². The third-order valence-electron chi connectivity index (χ3n) is 9.11. The van der Waals surface area contributed by atoms with E-state index in [4.69, 9.17) is 0 Å². The molecule has 2 saturated heterocycles. The molecule has 0 spiro atoms. The molecule has 7 rings (SSSR count). The van der Waals surface area contributed by atoms with Crippen LogP contribution >= 0.6 is 0 Å². The van der Waals surface area contributed by atoms with Crippen molar-refractivity contribution < 1.29 is 19.2 Å². The summed E-state index contributed by atoms with van der Waals surface area (Å²) in [5.74, 6) is -1.12. The summed E-state index contributed by atoms with van der Waals surface area (Å²) < 4.78 is 0. The summed E-state index contributed by atoms with van der Waals surface area (Å²) in [5.41, 5.74) is 3.34. The molecule has 8 atom stereocenters. The summed E-state index contributed by atoms with van der Waals surface area (Å²) in [6.45, 7) is 4.10. The van der Waals surface area contributed by atoms with E-state index in [1.54, 1.807) is 24.3 Å². The second-order valence-electron chi connectivity index (χ2n) is 10.5. The molecule has 4 bridgehead atoms. The van der Waals surface area contributed by atoms with E-state index in [9.17, 15) is 19.2 Å². The Morgan fingerprint density at radius 2 is 1.06 bits per heavy atom. The van der Waals surface area contributed by atoms with E-state index in [-0.39, 0.29) is 71.0 Å². The number of fused-ring (bicyclic) bond motifs is 10. The first-order chi connectivity index (χ1) is 15.4. The van der Waals surface area contributed by atoms with Gasteiger partial charge in [-0.05, 0) is 68.6 Å². The topological polar surface area (TPSA) is 74.8 Å². The van der Waals surface area contributed by atoms with Crippen molar-refractivity contribution in [1.82, 2.24) is 0 Å². The highest BCUT2D eigenvalue weighted by atomic mass is 16.2. The summed E-state index contributed by atoms with van der Waals surface area (Å²) in [6.07, 6.45) is 6.09. The van der Waals surface area contributed by atoms with Gasteiger partial charge in [0.25, 0.3) is 0 Å². The lowest BCUT2D eigenvalue weighted by Gasteiger charge is -2.22. The number of nitrogens with zero attached hydrogens (tertiary/aromatic N) is 2. The first-order valence-electron chi connectivity index (χ1n) is 11.6. The number of carbonyl (C=O) groups is 4. The molecule has 2 heterocycles. The zero-order valence-corrected chi connectivity index (χ0v) is 18.0. The van der Waals surface area contributed by atoms with Crippen molar-refractivity contribution in [3.8, 4) is 0 Å². The maximum absolute atomic E-state index is 13.3. The lowest BCUT2D eigenvalue weighted by Crippen LogP contribution is -2.35. The number of carbonyl (C=O) groups excluding carboxylic acids is 4. The van der Waals surface area contributed by atoms with Gasteiger partial charge in [0.1, 0.15) is 0 Å². The van der Waals surface area contributed by atoms with E-state index >= 15 is 0 Å². The van der Waals surface area contributed by atoms with E-state index in [0.29, 0.717) is 11.4 Å². The van der Waals surface area contributed by atoms with Gasteiger partial charge in [0, 0.05) is 0 Å². The summed E-state index contributed by atoms with van der Waals surface area (Å²) in [7, 11) is 0. The van der Waals surface area contributed by atoms with Crippen LogP contribution in [0.25, 0.3) is 0 Å². The van der Waals surface area contributed by atoms with Crippen molar-refractivity contribution in [1.29, 1.82) is 0 Å². The third-order valence-corrected chi connectivity index (χ3v) is 9.11. The minimum absolute atomic E-state index is 0.141. The zero-order valence-electron chi connectivity index (χ0n) is 18.0. The molecular weight excluding hydrogens is 404 g/mol. The minimum Gasteiger partial charge on any atom is -0.274 e. The van der Waals surface area contributed by atoms with Crippen LogP contribution in [0.5, 0.6) is 0 Å². The number of anilines is 2. The molecule has 6 aliphatic rings. The molecule has 1 aromatic carbocycles. The van der Waals surface area contributed by atoms with Crippen LogP contribution < -0.4 is 9.80 Å². The largest absolute Gasteiger partial charge is 0.274 e. The van der Waals surface area contributed by atoms with Gasteiger partial charge in [-0.2, -0.15) is 0 Å². The molecule has 2 aliphatic heterocycles. The Balaban J connectivity index is 1.23. The number of hydrogen-bond donors (Lipinski definition) is 0. The van der Waals surface area contributed by atoms with Crippen LogP contribution in [-0.4, -0.2) is 23.6 Å². The molecule has 4 amide bonds. The van der Waals surface area contributed by atoms with Crippen LogP contribution in [0.3, 0.4) is 0 Å². The van der Waals surface area contributed by atoms with Crippen molar-refractivity contribution in [2.24, 2.45) is 47.3 Å². The Hall–Kier alpha value is -3.02. The molecule has 0 radical (unpaired) electrons. The van der Waals surface area contributed by atoms with Crippen LogP contribution in [0.1, 0.15) is 26.7 Å². The van der Waals surface area contributed by atoms with Gasteiger partial charge >= 0.3 is 0 Å². The van der Waals surface area contributed by atoms with Gasteiger partial charge in [0.2, 0.25) is 23.6 Å². The van der Waals surface area contributed by atoms with Gasteiger partial charge < -0.3 is 0 Å². The number of amides is 4. The molecule has 6 heteroatoms. The third kappa shape index (κ3) is 2.02. The van der Waals surface area contributed by atoms with Crippen LogP contribution in [0.2, 0.25) is 0 Å². The molecule has 0 N–H and O–H groups in total. The summed E-state index contributed by atoms with van der Waals surface area (Å²) in [4.78, 5) is 55.7.